The number of nitrogens with two attached hydrogens (primary N) is 1. The highest BCUT2D eigenvalue weighted by molar-refractivity contribution is 5.90. The molecule has 0 aromatic rings. The SMILES string of the molecule is CC(C)(C)OC(=O)CC[C@H](N)C(=O)N[C@@H](CC(=O)OC(C)(C)C)C(=O)OC(C)(C)C. The van der Waals surface area contributed by atoms with E-state index in [4.69, 9.17) is 19.9 Å². The normalized spacial score (nSPS) is 14.3. The van der Waals surface area contributed by atoms with Crippen molar-refractivity contribution >= 4 is 23.8 Å². The van der Waals surface area contributed by atoms with E-state index in [0.717, 1.165) is 0 Å². The standard InChI is InChI=1S/C21H38N2O7/c1-19(2,3)28-15(24)11-10-13(22)17(26)23-14(18(27)30-21(7,8)9)12-16(25)29-20(4,5)6/h13-14H,10-12,22H2,1-9H3,(H,23,26)/t13-,14-/m0/s1. The molecule has 0 saturated heterocycles. The van der Waals surface area contributed by atoms with Gasteiger partial charge in [-0.05, 0) is 68.7 Å². The minimum atomic E-state index is -1.26. The highest BCUT2D eigenvalue weighted by Crippen LogP contribution is 2.14. The highest BCUT2D eigenvalue weighted by atomic mass is 16.6. The van der Waals surface area contributed by atoms with Gasteiger partial charge < -0.3 is 25.3 Å². The van der Waals surface area contributed by atoms with E-state index >= 15 is 0 Å². The minimum absolute atomic E-state index is 0.0220. The average molecular weight is 431 g/mol. The van der Waals surface area contributed by atoms with Crippen LogP contribution >= 0.6 is 0 Å². The number of carbonyl (C=O) groups excluding carboxylic acids is 4. The summed E-state index contributed by atoms with van der Waals surface area (Å²) in [6, 6.07) is -2.33. The molecule has 30 heavy (non-hydrogen) atoms. The quantitative estimate of drug-likeness (QED) is 0.441. The van der Waals surface area contributed by atoms with Gasteiger partial charge in [0.05, 0.1) is 12.5 Å². The minimum Gasteiger partial charge on any atom is -0.460 e. The first-order valence-corrected chi connectivity index (χ1v) is 10.0. The molecule has 0 unspecified atom stereocenters. The van der Waals surface area contributed by atoms with Crippen LogP contribution in [0.5, 0.6) is 0 Å². The Balaban J connectivity index is 5.06. The van der Waals surface area contributed by atoms with Gasteiger partial charge in [0, 0.05) is 6.42 Å². The molecule has 0 spiro atoms. The van der Waals surface area contributed by atoms with Crippen molar-refractivity contribution < 1.29 is 33.4 Å². The second-order valence-corrected chi connectivity index (χ2v) is 10.1. The van der Waals surface area contributed by atoms with Crippen molar-refractivity contribution in [3.63, 3.8) is 0 Å². The third kappa shape index (κ3) is 13.9. The van der Waals surface area contributed by atoms with E-state index in [1.807, 2.05) is 0 Å². The van der Waals surface area contributed by atoms with Gasteiger partial charge in [-0.15, -0.1) is 0 Å². The van der Waals surface area contributed by atoms with E-state index in [1.165, 1.54) is 0 Å². The predicted octanol–water partition coefficient (Wildman–Crippen LogP) is 1.99. The molecule has 0 aliphatic heterocycles. The Labute approximate surface area is 179 Å². The maximum absolute atomic E-state index is 12.5. The fourth-order valence-electron chi connectivity index (χ4n) is 2.19. The summed E-state index contributed by atoms with van der Waals surface area (Å²) < 4.78 is 15.7. The predicted molar refractivity (Wildman–Crippen MR) is 111 cm³/mol. The van der Waals surface area contributed by atoms with Crippen LogP contribution in [0.2, 0.25) is 0 Å². The smallest absolute Gasteiger partial charge is 0.329 e. The van der Waals surface area contributed by atoms with Crippen LogP contribution in [0, 0.1) is 0 Å². The van der Waals surface area contributed by atoms with Crippen molar-refractivity contribution in [1.29, 1.82) is 0 Å². The largest absolute Gasteiger partial charge is 0.460 e. The zero-order chi connectivity index (χ0) is 23.9. The van der Waals surface area contributed by atoms with Gasteiger partial charge >= 0.3 is 17.9 Å². The van der Waals surface area contributed by atoms with Gasteiger partial charge in [-0.25, -0.2) is 4.79 Å². The second kappa shape index (κ2) is 10.7. The topological polar surface area (TPSA) is 134 Å². The van der Waals surface area contributed by atoms with Crippen molar-refractivity contribution in [3.05, 3.63) is 0 Å². The number of amides is 1. The Kier molecular flexibility index (Phi) is 9.97. The van der Waals surface area contributed by atoms with Gasteiger partial charge in [0.1, 0.15) is 22.8 Å². The van der Waals surface area contributed by atoms with Crippen molar-refractivity contribution in [1.82, 2.24) is 5.32 Å². The van der Waals surface area contributed by atoms with Crippen LogP contribution in [0.25, 0.3) is 0 Å². The van der Waals surface area contributed by atoms with Crippen molar-refractivity contribution in [3.8, 4) is 0 Å². The van der Waals surface area contributed by atoms with Crippen molar-refractivity contribution in [2.45, 2.75) is 110 Å². The van der Waals surface area contributed by atoms with E-state index in [0.29, 0.717) is 0 Å². The third-order valence-electron chi connectivity index (χ3n) is 3.21. The number of hydrogen-bond donors (Lipinski definition) is 2. The molecule has 0 heterocycles. The van der Waals surface area contributed by atoms with Crippen LogP contribution < -0.4 is 11.1 Å². The number of rotatable bonds is 8. The van der Waals surface area contributed by atoms with Crippen LogP contribution in [-0.4, -0.2) is 52.7 Å². The lowest BCUT2D eigenvalue weighted by Gasteiger charge is -2.26. The molecule has 9 nitrogen and oxygen atoms in total. The molecule has 0 aromatic heterocycles. The first kappa shape index (κ1) is 27.8. The van der Waals surface area contributed by atoms with E-state index < -0.39 is 59.1 Å². The van der Waals surface area contributed by atoms with Crippen LogP contribution in [0.1, 0.15) is 81.6 Å². The molecule has 0 aromatic carbocycles. The average Bonchev–Trinajstić information content (AvgIpc) is 2.46. The van der Waals surface area contributed by atoms with E-state index in [1.54, 1.807) is 62.3 Å². The molecule has 0 bridgehead atoms. The van der Waals surface area contributed by atoms with Crippen molar-refractivity contribution in [2.24, 2.45) is 5.73 Å². The number of hydrogen-bond acceptors (Lipinski definition) is 8. The van der Waals surface area contributed by atoms with E-state index in [-0.39, 0.29) is 12.8 Å². The van der Waals surface area contributed by atoms with E-state index in [9.17, 15) is 19.2 Å². The second-order valence-electron chi connectivity index (χ2n) is 10.1. The van der Waals surface area contributed by atoms with Gasteiger partial charge in [-0.2, -0.15) is 0 Å². The van der Waals surface area contributed by atoms with Crippen LogP contribution in [0.3, 0.4) is 0 Å². The van der Waals surface area contributed by atoms with Gasteiger partial charge in [0.15, 0.2) is 0 Å². The summed E-state index contributed by atoms with van der Waals surface area (Å²) in [7, 11) is 0. The maximum atomic E-state index is 12.5. The lowest BCUT2D eigenvalue weighted by molar-refractivity contribution is -0.165. The Bertz CT molecular complexity index is 625. The lowest BCUT2D eigenvalue weighted by Crippen LogP contribution is -2.51. The van der Waals surface area contributed by atoms with Gasteiger partial charge in [0.25, 0.3) is 0 Å². The maximum Gasteiger partial charge on any atom is 0.329 e. The van der Waals surface area contributed by atoms with E-state index in [2.05, 4.69) is 5.32 Å². The molecule has 2 atom stereocenters. The third-order valence-corrected chi connectivity index (χ3v) is 3.21. The summed E-state index contributed by atoms with van der Waals surface area (Å²) in [6.07, 6.45) is -0.444. The van der Waals surface area contributed by atoms with Crippen LogP contribution in [0.4, 0.5) is 0 Å². The fourth-order valence-corrected chi connectivity index (χ4v) is 2.19. The highest BCUT2D eigenvalue weighted by Gasteiger charge is 2.32. The molecule has 9 heteroatoms. The molecular weight excluding hydrogens is 392 g/mol. The number of esters is 3. The molecule has 1 amide bonds. The Hall–Kier alpha value is -2.16. The first-order chi connectivity index (χ1) is 13.3. The first-order valence-electron chi connectivity index (χ1n) is 10.0. The Morgan fingerprint density at radius 3 is 1.63 bits per heavy atom. The van der Waals surface area contributed by atoms with Crippen LogP contribution in [0.15, 0.2) is 0 Å². The Morgan fingerprint density at radius 2 is 1.20 bits per heavy atom. The summed E-state index contributed by atoms with van der Waals surface area (Å²) >= 11 is 0. The molecule has 0 aliphatic carbocycles. The summed E-state index contributed by atoms with van der Waals surface area (Å²) in [5, 5.41) is 2.44. The summed E-state index contributed by atoms with van der Waals surface area (Å²) in [4.78, 5) is 48.9. The summed E-state index contributed by atoms with van der Waals surface area (Å²) in [5.41, 5.74) is 3.65. The van der Waals surface area contributed by atoms with Crippen molar-refractivity contribution in [2.75, 3.05) is 0 Å². The van der Waals surface area contributed by atoms with Crippen LogP contribution in [-0.2, 0) is 33.4 Å². The number of nitrogens with one attached hydrogen (secondary N) is 1. The molecule has 0 saturated carbocycles. The summed E-state index contributed by atoms with van der Waals surface area (Å²) in [6.45, 7) is 15.3. The van der Waals surface area contributed by atoms with Gasteiger partial charge in [0.2, 0.25) is 5.91 Å². The molecule has 0 fully saturated rings. The monoisotopic (exact) mass is 430 g/mol. The molecule has 0 rings (SSSR count). The fraction of sp³-hybridized carbons (Fsp3) is 0.810. The zero-order valence-electron chi connectivity index (χ0n) is 19.7. The number of ether oxygens (including phenoxy) is 3. The van der Waals surface area contributed by atoms with Gasteiger partial charge in [-0.1, -0.05) is 0 Å². The summed E-state index contributed by atoms with van der Waals surface area (Å²) in [5.74, 6) is -2.61. The lowest BCUT2D eigenvalue weighted by atomic mass is 10.1. The zero-order valence-corrected chi connectivity index (χ0v) is 19.7. The van der Waals surface area contributed by atoms with Gasteiger partial charge in [-0.3, -0.25) is 14.4 Å². The molecule has 0 radical (unpaired) electrons. The molecule has 0 aliphatic rings. The molecule has 3 N–H and O–H groups in total. The Morgan fingerprint density at radius 1 is 0.767 bits per heavy atom. The number of carbonyl (C=O) groups is 4. The molecule has 174 valence electrons. The molecular formula is C21H38N2O7.